The summed E-state index contributed by atoms with van der Waals surface area (Å²) in [6.45, 7) is 1.62. The van der Waals surface area contributed by atoms with Crippen LogP contribution in [0.15, 0.2) is 12.4 Å². The molecule has 1 aliphatic rings. The van der Waals surface area contributed by atoms with Gasteiger partial charge in [0.25, 0.3) is 0 Å². The second-order valence-corrected chi connectivity index (χ2v) is 5.48. The molecule has 0 aromatic carbocycles. The molecule has 0 aliphatic heterocycles. The molecular formula is C13H23N3O. The van der Waals surface area contributed by atoms with Crippen LogP contribution in [0.3, 0.4) is 0 Å². The maximum atomic E-state index is 10.5. The number of aliphatic hydroxyl groups is 1. The Bertz CT molecular complexity index is 355. The third-order valence-corrected chi connectivity index (χ3v) is 3.56. The molecule has 1 N–H and O–H groups in total. The van der Waals surface area contributed by atoms with Crippen molar-refractivity contribution < 1.29 is 5.11 Å². The van der Waals surface area contributed by atoms with E-state index < -0.39 is 5.60 Å². The van der Waals surface area contributed by atoms with Crippen molar-refractivity contribution in [3.8, 4) is 0 Å². The Kier molecular flexibility index (Phi) is 3.84. The van der Waals surface area contributed by atoms with Gasteiger partial charge in [-0.2, -0.15) is 5.10 Å². The van der Waals surface area contributed by atoms with Crippen molar-refractivity contribution in [2.24, 2.45) is 7.05 Å². The molecule has 2 rings (SSSR count). The van der Waals surface area contributed by atoms with Crippen molar-refractivity contribution in [3.05, 3.63) is 18.0 Å². The van der Waals surface area contributed by atoms with Crippen molar-refractivity contribution in [1.29, 1.82) is 0 Å². The highest BCUT2D eigenvalue weighted by Crippen LogP contribution is 2.28. The van der Waals surface area contributed by atoms with E-state index in [0.717, 1.165) is 38.8 Å². The summed E-state index contributed by atoms with van der Waals surface area (Å²) in [5, 5.41) is 14.6. The number of likely N-dealkylation sites (N-methyl/N-ethyl adjacent to an activating group) is 1. The van der Waals surface area contributed by atoms with E-state index in [-0.39, 0.29) is 0 Å². The molecule has 0 amide bonds. The van der Waals surface area contributed by atoms with Gasteiger partial charge in [0.1, 0.15) is 0 Å². The summed E-state index contributed by atoms with van der Waals surface area (Å²) in [5.41, 5.74) is 0.740. The topological polar surface area (TPSA) is 41.3 Å². The first-order chi connectivity index (χ1) is 8.07. The summed E-state index contributed by atoms with van der Waals surface area (Å²) < 4.78 is 1.82. The van der Waals surface area contributed by atoms with Gasteiger partial charge in [-0.15, -0.1) is 0 Å². The minimum Gasteiger partial charge on any atom is -0.389 e. The highest BCUT2D eigenvalue weighted by Gasteiger charge is 2.30. The molecule has 17 heavy (non-hydrogen) atoms. The van der Waals surface area contributed by atoms with Crippen LogP contribution in [-0.2, 0) is 13.6 Å². The Labute approximate surface area is 103 Å². The van der Waals surface area contributed by atoms with Gasteiger partial charge in [-0.1, -0.05) is 19.3 Å². The molecule has 1 aromatic heterocycles. The number of hydrogen-bond donors (Lipinski definition) is 1. The Hall–Kier alpha value is -0.870. The van der Waals surface area contributed by atoms with E-state index in [2.05, 4.69) is 17.0 Å². The normalized spacial score (nSPS) is 19.8. The molecule has 1 fully saturated rings. The molecule has 0 spiro atoms. The summed E-state index contributed by atoms with van der Waals surface area (Å²) in [6, 6.07) is 0. The summed E-state index contributed by atoms with van der Waals surface area (Å²) in [5.74, 6) is 0. The predicted octanol–water partition coefficient (Wildman–Crippen LogP) is 1.55. The molecule has 1 heterocycles. The third-order valence-electron chi connectivity index (χ3n) is 3.56. The Morgan fingerprint density at radius 2 is 2.12 bits per heavy atom. The van der Waals surface area contributed by atoms with Gasteiger partial charge in [-0.3, -0.25) is 9.58 Å². The van der Waals surface area contributed by atoms with Crippen LogP contribution in [-0.4, -0.2) is 39.0 Å². The molecule has 0 radical (unpaired) electrons. The van der Waals surface area contributed by atoms with E-state index in [4.69, 9.17) is 0 Å². The van der Waals surface area contributed by atoms with Crippen molar-refractivity contribution >= 4 is 0 Å². The second kappa shape index (κ2) is 5.19. The predicted molar refractivity (Wildman–Crippen MR) is 67.6 cm³/mol. The molecule has 4 nitrogen and oxygen atoms in total. The largest absolute Gasteiger partial charge is 0.389 e. The average Bonchev–Trinajstić information content (AvgIpc) is 2.63. The third kappa shape index (κ3) is 3.54. The maximum Gasteiger partial charge on any atom is 0.0774 e. The van der Waals surface area contributed by atoms with Crippen molar-refractivity contribution in [2.45, 2.75) is 44.2 Å². The maximum absolute atomic E-state index is 10.5. The first-order valence-corrected chi connectivity index (χ1v) is 6.46. The number of aromatic nitrogens is 2. The smallest absolute Gasteiger partial charge is 0.0774 e. The Morgan fingerprint density at radius 1 is 1.41 bits per heavy atom. The quantitative estimate of drug-likeness (QED) is 0.864. The average molecular weight is 237 g/mol. The SMILES string of the molecule is CN(Cc1cnn(C)c1)CC1(O)CCCCC1. The van der Waals surface area contributed by atoms with Crippen LogP contribution < -0.4 is 0 Å². The lowest BCUT2D eigenvalue weighted by Crippen LogP contribution is -2.42. The molecule has 0 unspecified atom stereocenters. The molecule has 4 heteroatoms. The van der Waals surface area contributed by atoms with Gasteiger partial charge >= 0.3 is 0 Å². The molecule has 1 saturated carbocycles. The van der Waals surface area contributed by atoms with Gasteiger partial charge in [-0.05, 0) is 19.9 Å². The van der Waals surface area contributed by atoms with Crippen LogP contribution in [0.2, 0.25) is 0 Å². The Morgan fingerprint density at radius 3 is 2.71 bits per heavy atom. The summed E-state index contributed by atoms with van der Waals surface area (Å²) >= 11 is 0. The van der Waals surface area contributed by atoms with E-state index in [1.54, 1.807) is 0 Å². The van der Waals surface area contributed by atoms with Gasteiger partial charge in [0, 0.05) is 31.9 Å². The summed E-state index contributed by atoms with van der Waals surface area (Å²) in [4.78, 5) is 2.20. The number of nitrogens with zero attached hydrogens (tertiary/aromatic N) is 3. The van der Waals surface area contributed by atoms with Crippen molar-refractivity contribution in [1.82, 2.24) is 14.7 Å². The van der Waals surface area contributed by atoms with Crippen LogP contribution in [0, 0.1) is 0 Å². The summed E-state index contributed by atoms with van der Waals surface area (Å²) in [7, 11) is 4.00. The van der Waals surface area contributed by atoms with Crippen LogP contribution >= 0.6 is 0 Å². The van der Waals surface area contributed by atoms with E-state index in [1.165, 1.54) is 12.0 Å². The second-order valence-electron chi connectivity index (χ2n) is 5.48. The zero-order valence-electron chi connectivity index (χ0n) is 10.9. The highest BCUT2D eigenvalue weighted by molar-refractivity contribution is 5.03. The molecule has 0 bridgehead atoms. The highest BCUT2D eigenvalue weighted by atomic mass is 16.3. The lowest BCUT2D eigenvalue weighted by molar-refractivity contribution is -0.0223. The van der Waals surface area contributed by atoms with E-state index >= 15 is 0 Å². The van der Waals surface area contributed by atoms with Gasteiger partial charge in [-0.25, -0.2) is 0 Å². The van der Waals surface area contributed by atoms with Crippen LogP contribution in [0.5, 0.6) is 0 Å². The number of hydrogen-bond acceptors (Lipinski definition) is 3. The van der Waals surface area contributed by atoms with Crippen LogP contribution in [0.25, 0.3) is 0 Å². The van der Waals surface area contributed by atoms with E-state index in [9.17, 15) is 5.11 Å². The molecule has 0 atom stereocenters. The van der Waals surface area contributed by atoms with Gasteiger partial charge in [0.2, 0.25) is 0 Å². The fourth-order valence-corrected chi connectivity index (χ4v) is 2.79. The van der Waals surface area contributed by atoms with Crippen molar-refractivity contribution in [3.63, 3.8) is 0 Å². The number of rotatable bonds is 4. The minimum absolute atomic E-state index is 0.463. The fraction of sp³-hybridized carbons (Fsp3) is 0.769. The zero-order chi connectivity index (χ0) is 12.3. The number of aryl methyl sites for hydroxylation is 1. The zero-order valence-corrected chi connectivity index (χ0v) is 10.9. The minimum atomic E-state index is -0.463. The lowest BCUT2D eigenvalue weighted by Gasteiger charge is -2.35. The fourth-order valence-electron chi connectivity index (χ4n) is 2.79. The molecular weight excluding hydrogens is 214 g/mol. The van der Waals surface area contributed by atoms with Crippen LogP contribution in [0.4, 0.5) is 0 Å². The van der Waals surface area contributed by atoms with E-state index in [0.29, 0.717) is 0 Å². The monoisotopic (exact) mass is 237 g/mol. The van der Waals surface area contributed by atoms with Crippen LogP contribution in [0.1, 0.15) is 37.7 Å². The molecule has 1 aromatic rings. The molecule has 1 aliphatic carbocycles. The summed E-state index contributed by atoms with van der Waals surface area (Å²) in [6.07, 6.45) is 9.42. The lowest BCUT2D eigenvalue weighted by atomic mass is 9.84. The molecule has 96 valence electrons. The molecule has 0 saturated heterocycles. The Balaban J connectivity index is 1.85. The van der Waals surface area contributed by atoms with Crippen molar-refractivity contribution in [2.75, 3.05) is 13.6 Å². The van der Waals surface area contributed by atoms with Gasteiger partial charge in [0.05, 0.1) is 11.8 Å². The standard InChI is InChI=1S/C13H23N3O/c1-15(9-12-8-14-16(2)10-12)11-13(17)6-4-3-5-7-13/h8,10,17H,3-7,9,11H2,1-2H3. The van der Waals surface area contributed by atoms with Gasteiger partial charge in [0.15, 0.2) is 0 Å². The first kappa shape index (κ1) is 12.6. The van der Waals surface area contributed by atoms with E-state index in [1.807, 2.05) is 24.1 Å². The van der Waals surface area contributed by atoms with Gasteiger partial charge < -0.3 is 5.11 Å². The first-order valence-electron chi connectivity index (χ1n) is 6.46.